The molecule has 3 heteroatoms. The van der Waals surface area contributed by atoms with Crippen molar-refractivity contribution < 1.29 is 4.79 Å². The lowest BCUT2D eigenvalue weighted by molar-refractivity contribution is 0.0993. The molecule has 0 spiro atoms. The fraction of sp³-hybridized carbons (Fsp3) is 0.133. The first-order valence-corrected chi connectivity index (χ1v) is 7.06. The van der Waals surface area contributed by atoms with Crippen molar-refractivity contribution >= 4 is 40.0 Å². The van der Waals surface area contributed by atoms with Gasteiger partial charge in [-0.05, 0) is 71.0 Å². The maximum atomic E-state index is 12.1. The van der Waals surface area contributed by atoms with E-state index in [4.69, 9.17) is 11.6 Å². The van der Waals surface area contributed by atoms with Crippen LogP contribution in [0.25, 0.3) is 0 Å². The van der Waals surface area contributed by atoms with Crippen molar-refractivity contribution in [2.24, 2.45) is 0 Å². The zero-order valence-corrected chi connectivity index (χ0v) is 12.8. The van der Waals surface area contributed by atoms with Crippen LogP contribution in [0.1, 0.15) is 21.5 Å². The van der Waals surface area contributed by atoms with Crippen LogP contribution in [-0.4, -0.2) is 5.78 Å². The third-order valence-electron chi connectivity index (χ3n) is 2.76. The van der Waals surface area contributed by atoms with Gasteiger partial charge in [0.05, 0.1) is 0 Å². The van der Waals surface area contributed by atoms with E-state index >= 15 is 0 Å². The topological polar surface area (TPSA) is 17.1 Å². The van der Waals surface area contributed by atoms with Gasteiger partial charge in [-0.15, -0.1) is 0 Å². The average molecular weight is 371 g/mol. The number of Topliss-reactive ketones (excluding diaryl/α,β-unsaturated/α-hetero) is 1. The summed E-state index contributed by atoms with van der Waals surface area (Å²) in [5, 5.41) is 0.695. The highest BCUT2D eigenvalue weighted by Crippen LogP contribution is 2.18. The van der Waals surface area contributed by atoms with Crippen LogP contribution >= 0.6 is 34.2 Å². The van der Waals surface area contributed by atoms with E-state index in [0.29, 0.717) is 11.4 Å². The Hall–Kier alpha value is -0.870. The summed E-state index contributed by atoms with van der Waals surface area (Å²) in [6.07, 6.45) is 0.429. The molecule has 0 N–H and O–H groups in total. The molecular weight excluding hydrogens is 359 g/mol. The van der Waals surface area contributed by atoms with Crippen molar-refractivity contribution in [2.45, 2.75) is 13.3 Å². The van der Waals surface area contributed by atoms with E-state index in [1.807, 2.05) is 37.3 Å². The number of hydrogen-bond donors (Lipinski definition) is 0. The second-order valence-electron chi connectivity index (χ2n) is 4.19. The third-order valence-corrected chi connectivity index (χ3v) is 3.90. The number of aryl methyl sites for hydroxylation is 1. The summed E-state index contributed by atoms with van der Waals surface area (Å²) < 4.78 is 1.17. The van der Waals surface area contributed by atoms with Crippen LogP contribution < -0.4 is 0 Å². The summed E-state index contributed by atoms with van der Waals surface area (Å²) in [5.74, 6) is 0.121. The molecule has 0 bridgehead atoms. The summed E-state index contributed by atoms with van der Waals surface area (Å²) in [6.45, 7) is 1.91. The molecule has 2 aromatic carbocycles. The highest BCUT2D eigenvalue weighted by molar-refractivity contribution is 14.1. The summed E-state index contributed by atoms with van der Waals surface area (Å²) in [7, 11) is 0. The summed E-state index contributed by atoms with van der Waals surface area (Å²) >= 11 is 8.20. The van der Waals surface area contributed by atoms with Gasteiger partial charge in [0, 0.05) is 20.6 Å². The fourth-order valence-electron chi connectivity index (χ4n) is 1.71. The number of rotatable bonds is 3. The van der Waals surface area contributed by atoms with Gasteiger partial charge in [0.1, 0.15) is 0 Å². The van der Waals surface area contributed by atoms with E-state index in [2.05, 4.69) is 22.6 Å². The predicted molar refractivity (Wildman–Crippen MR) is 83.4 cm³/mol. The van der Waals surface area contributed by atoms with Crippen molar-refractivity contribution in [1.82, 2.24) is 0 Å². The van der Waals surface area contributed by atoms with Gasteiger partial charge < -0.3 is 0 Å². The Morgan fingerprint density at radius 1 is 1.17 bits per heavy atom. The minimum atomic E-state index is 0.121. The number of hydrogen-bond acceptors (Lipinski definition) is 1. The number of halogens is 2. The summed E-state index contributed by atoms with van der Waals surface area (Å²) in [6, 6.07) is 13.4. The zero-order valence-electron chi connectivity index (χ0n) is 9.91. The molecule has 0 aliphatic carbocycles. The predicted octanol–water partition coefficient (Wildman–Crippen LogP) is 4.68. The van der Waals surface area contributed by atoms with Gasteiger partial charge in [0.15, 0.2) is 5.78 Å². The van der Waals surface area contributed by atoms with Gasteiger partial charge in [-0.25, -0.2) is 0 Å². The van der Waals surface area contributed by atoms with Gasteiger partial charge in [0.2, 0.25) is 0 Å². The first-order valence-electron chi connectivity index (χ1n) is 5.60. The van der Waals surface area contributed by atoms with Crippen molar-refractivity contribution in [1.29, 1.82) is 0 Å². The molecule has 0 saturated heterocycles. The normalized spacial score (nSPS) is 10.4. The average Bonchev–Trinajstić information content (AvgIpc) is 2.35. The molecule has 2 aromatic rings. The molecular formula is C15H12ClIO. The zero-order chi connectivity index (χ0) is 13.1. The Bertz CT molecular complexity index is 576. The highest BCUT2D eigenvalue weighted by atomic mass is 127. The Labute approximate surface area is 125 Å². The Balaban J connectivity index is 2.16. The van der Waals surface area contributed by atoms with Crippen molar-refractivity contribution in [3.05, 3.63) is 67.7 Å². The quantitative estimate of drug-likeness (QED) is 0.566. The fourth-order valence-corrected chi connectivity index (χ4v) is 2.18. The first-order chi connectivity index (χ1) is 8.56. The second-order valence-corrected chi connectivity index (χ2v) is 5.84. The molecule has 0 fully saturated rings. The Kier molecular flexibility index (Phi) is 4.40. The van der Waals surface area contributed by atoms with Crippen LogP contribution in [0.3, 0.4) is 0 Å². The maximum Gasteiger partial charge on any atom is 0.167 e. The molecule has 0 aliphatic rings. The SMILES string of the molecule is Cc1cc(C(=O)Cc2ccc(I)cc2)ccc1Cl. The van der Waals surface area contributed by atoms with Crippen LogP contribution in [0, 0.1) is 10.5 Å². The van der Waals surface area contributed by atoms with Crippen LogP contribution in [0.5, 0.6) is 0 Å². The molecule has 0 atom stereocenters. The van der Waals surface area contributed by atoms with Crippen molar-refractivity contribution in [2.75, 3.05) is 0 Å². The summed E-state index contributed by atoms with van der Waals surface area (Å²) in [4.78, 5) is 12.1. The lowest BCUT2D eigenvalue weighted by Gasteiger charge is -2.04. The van der Waals surface area contributed by atoms with Crippen LogP contribution in [-0.2, 0) is 6.42 Å². The molecule has 0 aromatic heterocycles. The number of ketones is 1. The van der Waals surface area contributed by atoms with Crippen molar-refractivity contribution in [3.8, 4) is 0 Å². The van der Waals surface area contributed by atoms with E-state index in [-0.39, 0.29) is 5.78 Å². The molecule has 1 nitrogen and oxygen atoms in total. The lowest BCUT2D eigenvalue weighted by atomic mass is 10.0. The van der Waals surface area contributed by atoms with E-state index < -0.39 is 0 Å². The molecule has 0 aliphatic heterocycles. The number of benzene rings is 2. The van der Waals surface area contributed by atoms with Gasteiger partial charge in [-0.2, -0.15) is 0 Å². The third kappa shape index (κ3) is 3.33. The Morgan fingerprint density at radius 3 is 2.44 bits per heavy atom. The molecule has 18 heavy (non-hydrogen) atoms. The van der Waals surface area contributed by atoms with E-state index in [1.54, 1.807) is 12.1 Å². The van der Waals surface area contributed by atoms with E-state index in [9.17, 15) is 4.79 Å². The molecule has 0 saturated carbocycles. The minimum absolute atomic E-state index is 0.121. The highest BCUT2D eigenvalue weighted by Gasteiger charge is 2.08. The molecule has 0 amide bonds. The maximum absolute atomic E-state index is 12.1. The number of carbonyl (C=O) groups excluding carboxylic acids is 1. The van der Waals surface area contributed by atoms with E-state index in [0.717, 1.165) is 16.7 Å². The summed E-state index contributed by atoms with van der Waals surface area (Å²) in [5.41, 5.74) is 2.69. The minimum Gasteiger partial charge on any atom is -0.294 e. The smallest absolute Gasteiger partial charge is 0.167 e. The molecule has 92 valence electrons. The number of carbonyl (C=O) groups is 1. The van der Waals surface area contributed by atoms with Crippen LogP contribution in [0.4, 0.5) is 0 Å². The van der Waals surface area contributed by atoms with Crippen LogP contribution in [0.2, 0.25) is 5.02 Å². The van der Waals surface area contributed by atoms with Crippen molar-refractivity contribution in [3.63, 3.8) is 0 Å². The standard InChI is InChI=1S/C15H12ClIO/c1-10-8-12(4-7-14(10)16)15(18)9-11-2-5-13(17)6-3-11/h2-8H,9H2,1H3. The molecule has 0 unspecified atom stereocenters. The largest absolute Gasteiger partial charge is 0.294 e. The molecule has 2 rings (SSSR count). The van der Waals surface area contributed by atoms with Gasteiger partial charge >= 0.3 is 0 Å². The van der Waals surface area contributed by atoms with Gasteiger partial charge in [-0.1, -0.05) is 23.7 Å². The monoisotopic (exact) mass is 370 g/mol. The van der Waals surface area contributed by atoms with Gasteiger partial charge in [0.25, 0.3) is 0 Å². The Morgan fingerprint density at radius 2 is 1.83 bits per heavy atom. The molecule has 0 radical (unpaired) electrons. The first kappa shape index (κ1) is 13.6. The lowest BCUT2D eigenvalue weighted by Crippen LogP contribution is -2.03. The second kappa shape index (κ2) is 5.85. The van der Waals surface area contributed by atoms with Crippen LogP contribution in [0.15, 0.2) is 42.5 Å². The van der Waals surface area contributed by atoms with Gasteiger partial charge in [-0.3, -0.25) is 4.79 Å². The van der Waals surface area contributed by atoms with E-state index in [1.165, 1.54) is 3.57 Å². The molecule has 0 heterocycles.